The average Bonchev–Trinajstić information content (AvgIpc) is 3.42. The molecular weight excluding hydrogens is 466 g/mol. The fourth-order valence-electron chi connectivity index (χ4n) is 3.53. The van der Waals surface area contributed by atoms with Gasteiger partial charge in [-0.15, -0.1) is 0 Å². The highest BCUT2D eigenvalue weighted by atomic mass is 16.6. The van der Waals surface area contributed by atoms with Crippen LogP contribution in [0.15, 0.2) is 30.7 Å². The third kappa shape index (κ3) is 6.60. The van der Waals surface area contributed by atoms with Gasteiger partial charge in [-0.1, -0.05) is 0 Å². The second-order valence-electron chi connectivity index (χ2n) is 9.20. The highest BCUT2D eigenvalue weighted by molar-refractivity contribution is 5.90. The Morgan fingerprint density at radius 2 is 1.97 bits per heavy atom. The summed E-state index contributed by atoms with van der Waals surface area (Å²) in [6, 6.07) is 3.09. The Morgan fingerprint density at radius 1 is 1.22 bits per heavy atom. The first kappa shape index (κ1) is 26.7. The highest BCUT2D eigenvalue weighted by Gasteiger charge is 2.24. The molecule has 1 unspecified atom stereocenters. The van der Waals surface area contributed by atoms with Crippen molar-refractivity contribution >= 4 is 23.8 Å². The van der Waals surface area contributed by atoms with Crippen molar-refractivity contribution in [1.29, 1.82) is 0 Å². The van der Waals surface area contributed by atoms with Gasteiger partial charge in [-0.3, -0.25) is 4.68 Å². The lowest BCUT2D eigenvalue weighted by atomic mass is 10.1. The second-order valence-corrected chi connectivity index (χ2v) is 9.20. The molecule has 0 bridgehead atoms. The number of methoxy groups -OCH3 is 2. The Labute approximate surface area is 210 Å². The van der Waals surface area contributed by atoms with Gasteiger partial charge in [0.2, 0.25) is 5.95 Å². The van der Waals surface area contributed by atoms with Crippen molar-refractivity contribution in [2.45, 2.75) is 39.3 Å². The van der Waals surface area contributed by atoms with Gasteiger partial charge >= 0.3 is 12.1 Å². The van der Waals surface area contributed by atoms with Crippen LogP contribution in [0.2, 0.25) is 0 Å². The molecule has 0 radical (unpaired) electrons. The van der Waals surface area contributed by atoms with E-state index in [-0.39, 0.29) is 13.2 Å². The molecule has 0 aromatic carbocycles. The first-order chi connectivity index (χ1) is 17.0. The number of aromatic nitrogens is 5. The Bertz CT molecular complexity index is 1210. The average molecular weight is 500 g/mol. The monoisotopic (exact) mass is 499 g/mol. The molecule has 3 aromatic heterocycles. The van der Waals surface area contributed by atoms with Gasteiger partial charge in [-0.2, -0.15) is 5.10 Å². The summed E-state index contributed by atoms with van der Waals surface area (Å²) in [5, 5.41) is 10.0. The number of aryl methyl sites for hydroxylation is 2. The van der Waals surface area contributed by atoms with Gasteiger partial charge in [0.15, 0.2) is 0 Å². The lowest BCUT2D eigenvalue weighted by Crippen LogP contribution is -2.37. The van der Waals surface area contributed by atoms with Gasteiger partial charge in [-0.05, 0) is 39.3 Å². The molecule has 3 aromatic rings. The zero-order valence-corrected chi connectivity index (χ0v) is 21.7. The molecule has 0 fully saturated rings. The van der Waals surface area contributed by atoms with Crippen LogP contribution in [0.4, 0.5) is 16.6 Å². The maximum Gasteiger partial charge on any atom is 0.407 e. The molecule has 0 saturated heterocycles. The Balaban J connectivity index is 1.95. The lowest BCUT2D eigenvalue weighted by molar-refractivity contribution is 0.0507. The third-order valence-corrected chi connectivity index (χ3v) is 5.18. The van der Waals surface area contributed by atoms with Crippen molar-refractivity contribution in [2.75, 3.05) is 32.7 Å². The van der Waals surface area contributed by atoms with Crippen LogP contribution < -0.4 is 10.6 Å². The Morgan fingerprint density at radius 3 is 2.58 bits per heavy atom. The molecule has 194 valence electrons. The summed E-state index contributed by atoms with van der Waals surface area (Å²) >= 11 is 0. The summed E-state index contributed by atoms with van der Waals surface area (Å²) in [6.07, 6.45) is 4.60. The van der Waals surface area contributed by atoms with Crippen LogP contribution in [-0.2, 0) is 21.3 Å². The Hall–Kier alpha value is -3.93. The van der Waals surface area contributed by atoms with Crippen LogP contribution in [0.3, 0.4) is 0 Å². The minimum absolute atomic E-state index is 0.164. The summed E-state index contributed by atoms with van der Waals surface area (Å²) in [5.74, 6) is 0.581. The number of ether oxygens (including phenoxy) is 3. The van der Waals surface area contributed by atoms with E-state index in [2.05, 4.69) is 25.7 Å². The normalized spacial score (nSPS) is 12.2. The molecule has 1 atom stereocenters. The van der Waals surface area contributed by atoms with Gasteiger partial charge in [0.05, 0.1) is 31.6 Å². The number of esters is 1. The number of hydrogen-bond donors (Lipinski definition) is 2. The summed E-state index contributed by atoms with van der Waals surface area (Å²) in [6.45, 7) is 7.63. The third-order valence-electron chi connectivity index (χ3n) is 5.18. The van der Waals surface area contributed by atoms with E-state index in [1.54, 1.807) is 68.8 Å². The molecule has 1 amide bonds. The fourth-order valence-corrected chi connectivity index (χ4v) is 3.53. The molecule has 0 aliphatic heterocycles. The van der Waals surface area contributed by atoms with Crippen molar-refractivity contribution in [2.24, 2.45) is 7.05 Å². The SMILES string of the molecule is COCC(CNC(=O)OC(C)(C)C)n1cc(-c2nc(Nc3ccnn3C)ncc2C)cc1C(=O)OC. The number of nitrogens with zero attached hydrogens (tertiary/aromatic N) is 5. The van der Waals surface area contributed by atoms with E-state index in [1.165, 1.54) is 7.11 Å². The van der Waals surface area contributed by atoms with E-state index in [0.717, 1.165) is 11.4 Å². The molecule has 0 aliphatic rings. The predicted octanol–water partition coefficient (Wildman–Crippen LogP) is 3.23. The summed E-state index contributed by atoms with van der Waals surface area (Å²) < 4.78 is 19.1. The lowest BCUT2D eigenvalue weighted by Gasteiger charge is -2.23. The van der Waals surface area contributed by atoms with Crippen LogP contribution in [0.5, 0.6) is 0 Å². The molecule has 0 aliphatic carbocycles. The zero-order chi connectivity index (χ0) is 26.5. The molecule has 3 rings (SSSR count). The minimum atomic E-state index is -0.635. The first-order valence-electron chi connectivity index (χ1n) is 11.4. The van der Waals surface area contributed by atoms with Gasteiger partial charge in [-0.25, -0.2) is 19.6 Å². The Kier molecular flexibility index (Phi) is 8.30. The van der Waals surface area contributed by atoms with Crippen LogP contribution >= 0.6 is 0 Å². The molecule has 3 heterocycles. The largest absolute Gasteiger partial charge is 0.464 e. The van der Waals surface area contributed by atoms with E-state index in [1.807, 2.05) is 13.0 Å². The molecule has 12 heteroatoms. The van der Waals surface area contributed by atoms with Crippen LogP contribution in [0, 0.1) is 6.92 Å². The molecule has 36 heavy (non-hydrogen) atoms. The quantitative estimate of drug-likeness (QED) is 0.425. The van der Waals surface area contributed by atoms with E-state index in [9.17, 15) is 9.59 Å². The number of rotatable bonds is 9. The van der Waals surface area contributed by atoms with Crippen molar-refractivity contribution in [3.8, 4) is 11.3 Å². The topological polar surface area (TPSA) is 134 Å². The van der Waals surface area contributed by atoms with Crippen LogP contribution in [-0.4, -0.2) is 69.4 Å². The zero-order valence-electron chi connectivity index (χ0n) is 21.7. The molecule has 12 nitrogen and oxygen atoms in total. The smallest absolute Gasteiger partial charge is 0.407 e. The van der Waals surface area contributed by atoms with Crippen molar-refractivity contribution in [1.82, 2.24) is 29.6 Å². The number of carbonyl (C=O) groups excluding carboxylic acids is 2. The van der Waals surface area contributed by atoms with Crippen LogP contribution in [0.1, 0.15) is 42.9 Å². The molecule has 2 N–H and O–H groups in total. The maximum atomic E-state index is 12.7. The number of carbonyl (C=O) groups is 2. The number of alkyl carbamates (subject to hydrolysis) is 1. The molecular formula is C24H33N7O5. The summed E-state index contributed by atoms with van der Waals surface area (Å²) in [5.41, 5.74) is 1.79. The first-order valence-corrected chi connectivity index (χ1v) is 11.4. The van der Waals surface area contributed by atoms with Crippen molar-refractivity contribution in [3.63, 3.8) is 0 Å². The van der Waals surface area contributed by atoms with Crippen LogP contribution in [0.25, 0.3) is 11.3 Å². The van der Waals surface area contributed by atoms with Crippen molar-refractivity contribution < 1.29 is 23.8 Å². The number of nitrogens with one attached hydrogen (secondary N) is 2. The minimum Gasteiger partial charge on any atom is -0.464 e. The van der Waals surface area contributed by atoms with E-state index < -0.39 is 23.7 Å². The summed E-state index contributed by atoms with van der Waals surface area (Å²) in [7, 11) is 4.67. The second kappa shape index (κ2) is 11.2. The number of amides is 1. The van der Waals surface area contributed by atoms with Gasteiger partial charge < -0.3 is 29.4 Å². The standard InChI is InChI=1S/C24H33N7O5/c1-15-11-25-22(28-19-8-9-27-30(19)5)29-20(15)16-10-18(21(32)35-7)31(13-16)17(14-34-6)12-26-23(33)36-24(2,3)4/h8-11,13,17H,12,14H2,1-7H3,(H,26,33)(H,25,28,29). The van der Waals surface area contributed by atoms with Gasteiger partial charge in [0.1, 0.15) is 17.1 Å². The van der Waals surface area contributed by atoms with Gasteiger partial charge in [0.25, 0.3) is 0 Å². The van der Waals surface area contributed by atoms with Crippen molar-refractivity contribution in [3.05, 3.63) is 42.0 Å². The number of hydrogen-bond acceptors (Lipinski definition) is 9. The van der Waals surface area contributed by atoms with Gasteiger partial charge in [0, 0.05) is 44.7 Å². The predicted molar refractivity (Wildman–Crippen MR) is 133 cm³/mol. The van der Waals surface area contributed by atoms with E-state index in [4.69, 9.17) is 14.2 Å². The molecule has 0 spiro atoms. The maximum absolute atomic E-state index is 12.7. The highest BCUT2D eigenvalue weighted by Crippen LogP contribution is 2.28. The van der Waals surface area contributed by atoms with E-state index in [0.29, 0.717) is 22.9 Å². The summed E-state index contributed by atoms with van der Waals surface area (Å²) in [4.78, 5) is 33.9. The fraction of sp³-hybridized carbons (Fsp3) is 0.458. The number of anilines is 2. The molecule has 0 saturated carbocycles. The van der Waals surface area contributed by atoms with E-state index >= 15 is 0 Å².